The largest absolute Gasteiger partial charge is 0.383 e. The van der Waals surface area contributed by atoms with Gasteiger partial charge in [0.25, 0.3) is 0 Å². The van der Waals surface area contributed by atoms with E-state index in [1.165, 1.54) is 0 Å². The van der Waals surface area contributed by atoms with E-state index in [0.717, 1.165) is 0 Å². The Bertz CT molecular complexity index is 301. The van der Waals surface area contributed by atoms with Gasteiger partial charge >= 0.3 is 5.92 Å². The van der Waals surface area contributed by atoms with E-state index < -0.39 is 29.3 Å². The Morgan fingerprint density at radius 2 is 2.07 bits per heavy atom. The second-order valence-corrected chi connectivity index (χ2v) is 5.18. The highest BCUT2D eigenvalue weighted by atomic mass is 19.3. The number of ketones is 1. The molecular weight excluding hydrogens is 206 g/mol. The summed E-state index contributed by atoms with van der Waals surface area (Å²) in [6.07, 6.45) is -2.86. The summed E-state index contributed by atoms with van der Waals surface area (Å²) in [6.45, 7) is 3.52. The van der Waals surface area contributed by atoms with E-state index in [4.69, 9.17) is 4.74 Å². The summed E-state index contributed by atoms with van der Waals surface area (Å²) in [5.74, 6) is -4.86. The van der Waals surface area contributed by atoms with Crippen LogP contribution in [0.25, 0.3) is 0 Å². The number of ether oxygens (including phenoxy) is 1. The van der Waals surface area contributed by atoms with Crippen molar-refractivity contribution >= 4 is 5.78 Å². The average molecular weight is 220 g/mol. The quantitative estimate of drug-likeness (QED) is 0.623. The normalized spacial score (nSPS) is 42.7. The number of aliphatic hydroxyl groups is 1. The van der Waals surface area contributed by atoms with E-state index in [2.05, 4.69) is 0 Å². The van der Waals surface area contributed by atoms with Crippen LogP contribution in [0.4, 0.5) is 8.78 Å². The Morgan fingerprint density at radius 3 is 2.67 bits per heavy atom. The van der Waals surface area contributed by atoms with Crippen LogP contribution < -0.4 is 0 Å². The Morgan fingerprint density at radius 1 is 1.47 bits per heavy atom. The van der Waals surface area contributed by atoms with Crippen LogP contribution in [-0.4, -0.2) is 35.1 Å². The molecule has 1 heterocycles. The minimum Gasteiger partial charge on any atom is -0.383 e. The first-order valence-corrected chi connectivity index (χ1v) is 4.99. The van der Waals surface area contributed by atoms with E-state index in [1.54, 1.807) is 13.8 Å². The molecule has 0 radical (unpaired) electrons. The molecule has 0 aromatic carbocycles. The SMILES string of the molecule is CC1(C)CC(=O)C(F)(F)[C@H](O)[C@H]2O[C@H]2C1. The molecule has 15 heavy (non-hydrogen) atoms. The number of fused-ring (bicyclic) bond motifs is 1. The van der Waals surface area contributed by atoms with Gasteiger partial charge in [0.2, 0.25) is 5.78 Å². The number of Topliss-reactive ketones (excluding diaryl/α,β-unsaturated/α-hetero) is 1. The summed E-state index contributed by atoms with van der Waals surface area (Å²) >= 11 is 0. The Balaban J connectivity index is 2.26. The molecule has 0 amide bonds. The average Bonchev–Trinajstić information content (AvgIpc) is 2.79. The summed E-state index contributed by atoms with van der Waals surface area (Å²) in [6, 6.07) is 0. The molecule has 1 saturated carbocycles. The van der Waals surface area contributed by atoms with Crippen LogP contribution in [0.5, 0.6) is 0 Å². The number of hydrogen-bond acceptors (Lipinski definition) is 3. The summed E-state index contributed by atoms with van der Waals surface area (Å²) in [5.41, 5.74) is -0.486. The Labute approximate surface area is 86.4 Å². The summed E-state index contributed by atoms with van der Waals surface area (Å²) < 4.78 is 31.7. The molecule has 3 nitrogen and oxygen atoms in total. The first-order valence-electron chi connectivity index (χ1n) is 4.99. The number of carbonyl (C=O) groups is 1. The van der Waals surface area contributed by atoms with Crippen molar-refractivity contribution in [1.29, 1.82) is 0 Å². The third-order valence-corrected chi connectivity index (χ3v) is 3.07. The second-order valence-electron chi connectivity index (χ2n) is 5.18. The highest BCUT2D eigenvalue weighted by Gasteiger charge is 2.61. The standard InChI is InChI=1S/C10H14F2O3/c1-9(2)3-5-7(15-5)8(14)10(11,12)6(13)4-9/h5,7-8,14H,3-4H2,1-2H3/t5-,7-,8+/m0/s1. The van der Waals surface area contributed by atoms with Gasteiger partial charge in [-0.25, -0.2) is 0 Å². The van der Waals surface area contributed by atoms with Gasteiger partial charge in [-0.15, -0.1) is 0 Å². The summed E-state index contributed by atoms with van der Waals surface area (Å²) in [7, 11) is 0. The highest BCUT2D eigenvalue weighted by Crippen LogP contribution is 2.45. The topological polar surface area (TPSA) is 49.8 Å². The van der Waals surface area contributed by atoms with Gasteiger partial charge in [0, 0.05) is 6.42 Å². The molecule has 2 fully saturated rings. The van der Waals surface area contributed by atoms with Crippen LogP contribution in [0.1, 0.15) is 26.7 Å². The molecule has 2 aliphatic rings. The Kier molecular flexibility index (Phi) is 2.18. The number of carbonyl (C=O) groups excluding carboxylic acids is 1. The molecule has 0 aromatic heterocycles. The van der Waals surface area contributed by atoms with Crippen molar-refractivity contribution in [2.75, 3.05) is 0 Å². The van der Waals surface area contributed by atoms with E-state index in [0.29, 0.717) is 6.42 Å². The van der Waals surface area contributed by atoms with Gasteiger partial charge < -0.3 is 9.84 Å². The molecule has 1 N–H and O–H groups in total. The molecular formula is C10H14F2O3. The zero-order valence-electron chi connectivity index (χ0n) is 8.67. The number of halogens is 2. The van der Waals surface area contributed by atoms with Crippen molar-refractivity contribution in [2.24, 2.45) is 5.41 Å². The predicted octanol–water partition coefficient (Wildman–Crippen LogP) is 1.14. The first kappa shape index (κ1) is 11.0. The lowest BCUT2D eigenvalue weighted by Gasteiger charge is -2.29. The number of hydrogen-bond donors (Lipinski definition) is 1. The molecule has 86 valence electrons. The van der Waals surface area contributed by atoms with Crippen molar-refractivity contribution < 1.29 is 23.4 Å². The van der Waals surface area contributed by atoms with Crippen molar-refractivity contribution in [2.45, 2.75) is 50.9 Å². The van der Waals surface area contributed by atoms with E-state index in [1.807, 2.05) is 0 Å². The third kappa shape index (κ3) is 1.78. The molecule has 0 unspecified atom stereocenters. The molecule has 2 rings (SSSR count). The number of aliphatic hydroxyl groups excluding tert-OH is 1. The van der Waals surface area contributed by atoms with Crippen LogP contribution in [0, 0.1) is 5.41 Å². The van der Waals surface area contributed by atoms with Gasteiger partial charge in [0.05, 0.1) is 6.10 Å². The van der Waals surface area contributed by atoms with Crippen LogP contribution in [0.15, 0.2) is 0 Å². The third-order valence-electron chi connectivity index (χ3n) is 3.07. The van der Waals surface area contributed by atoms with E-state index >= 15 is 0 Å². The zero-order valence-corrected chi connectivity index (χ0v) is 8.67. The van der Waals surface area contributed by atoms with Crippen molar-refractivity contribution in [1.82, 2.24) is 0 Å². The fourth-order valence-electron chi connectivity index (χ4n) is 2.14. The van der Waals surface area contributed by atoms with Crippen LogP contribution in [0.3, 0.4) is 0 Å². The van der Waals surface area contributed by atoms with Gasteiger partial charge in [0.1, 0.15) is 6.10 Å². The Hall–Kier alpha value is -0.550. The number of alkyl halides is 2. The van der Waals surface area contributed by atoms with Crippen molar-refractivity contribution in [3.8, 4) is 0 Å². The zero-order chi connectivity index (χ0) is 11.4. The molecule has 1 aliphatic carbocycles. The van der Waals surface area contributed by atoms with Gasteiger partial charge in [-0.05, 0) is 11.8 Å². The van der Waals surface area contributed by atoms with Crippen LogP contribution >= 0.6 is 0 Å². The van der Waals surface area contributed by atoms with Crippen molar-refractivity contribution in [3.63, 3.8) is 0 Å². The van der Waals surface area contributed by atoms with Crippen LogP contribution in [0.2, 0.25) is 0 Å². The lowest BCUT2D eigenvalue weighted by Crippen LogP contribution is -2.48. The van der Waals surface area contributed by atoms with E-state index in [-0.39, 0.29) is 12.5 Å². The maximum Gasteiger partial charge on any atom is 0.333 e. The molecule has 0 aromatic rings. The minimum absolute atomic E-state index is 0.219. The van der Waals surface area contributed by atoms with Gasteiger partial charge in [-0.3, -0.25) is 4.79 Å². The molecule has 5 heteroatoms. The fourth-order valence-corrected chi connectivity index (χ4v) is 2.14. The molecule has 1 aliphatic heterocycles. The maximum atomic E-state index is 13.4. The highest BCUT2D eigenvalue weighted by molar-refractivity contribution is 5.87. The van der Waals surface area contributed by atoms with Crippen molar-refractivity contribution in [3.05, 3.63) is 0 Å². The molecule has 0 spiro atoms. The van der Waals surface area contributed by atoms with Gasteiger partial charge in [-0.2, -0.15) is 8.78 Å². The lowest BCUT2D eigenvalue weighted by molar-refractivity contribution is -0.165. The lowest BCUT2D eigenvalue weighted by atomic mass is 9.77. The first-order chi connectivity index (χ1) is 6.74. The number of rotatable bonds is 0. The predicted molar refractivity (Wildman–Crippen MR) is 47.6 cm³/mol. The molecule has 3 atom stereocenters. The van der Waals surface area contributed by atoms with E-state index in [9.17, 15) is 18.7 Å². The summed E-state index contributed by atoms with van der Waals surface area (Å²) in [4.78, 5) is 11.3. The number of epoxide rings is 1. The molecule has 1 saturated heterocycles. The fraction of sp³-hybridized carbons (Fsp3) is 0.900. The monoisotopic (exact) mass is 220 g/mol. The minimum atomic E-state index is -3.67. The van der Waals surface area contributed by atoms with Crippen LogP contribution in [-0.2, 0) is 9.53 Å². The summed E-state index contributed by atoms with van der Waals surface area (Å²) in [5, 5.41) is 9.30. The smallest absolute Gasteiger partial charge is 0.333 e. The molecule has 0 bridgehead atoms. The van der Waals surface area contributed by atoms with Gasteiger partial charge in [-0.1, -0.05) is 13.8 Å². The second kappa shape index (κ2) is 2.98. The van der Waals surface area contributed by atoms with Gasteiger partial charge in [0.15, 0.2) is 6.10 Å². The maximum absolute atomic E-state index is 13.4.